The monoisotopic (exact) mass is 625 g/mol. The molecule has 0 fully saturated rings. The van der Waals surface area contributed by atoms with Gasteiger partial charge in [-0.2, -0.15) is 0 Å². The average Bonchev–Trinajstić information content (AvgIpc) is 2.92. The number of rotatable bonds is 11. The van der Waals surface area contributed by atoms with Crippen molar-refractivity contribution in [1.29, 1.82) is 0 Å². The number of hydrogen-bond donors (Lipinski definition) is 1. The Morgan fingerprint density at radius 3 is 2.08 bits per heavy atom. The minimum atomic E-state index is -4.22. The Hall–Kier alpha value is -2.98. The predicted octanol–water partition coefficient (Wildman–Crippen LogP) is 5.79. The van der Waals surface area contributed by atoms with E-state index in [1.807, 2.05) is 0 Å². The standard InChI is InChI=1S/C28H30Cl3N3O5S/c1-18(2)32-28(36)19(3)33(16-20-5-14-25(30)26(31)15-20)27(35)17-34(22-8-6-21(29)7-9-22)40(37,38)24-12-10-23(39-4)11-13-24/h5-15,18-19H,16-17H2,1-4H3,(H,32,36). The quantitative estimate of drug-likeness (QED) is 0.291. The normalized spacial score (nSPS) is 12.1. The van der Waals surface area contributed by atoms with Crippen LogP contribution in [0, 0.1) is 0 Å². The van der Waals surface area contributed by atoms with Gasteiger partial charge in [0.2, 0.25) is 11.8 Å². The van der Waals surface area contributed by atoms with Gasteiger partial charge in [-0.1, -0.05) is 40.9 Å². The molecular weight excluding hydrogens is 597 g/mol. The first-order valence-corrected chi connectivity index (χ1v) is 14.9. The molecule has 1 atom stereocenters. The summed E-state index contributed by atoms with van der Waals surface area (Å²) in [6, 6.07) is 15.7. The summed E-state index contributed by atoms with van der Waals surface area (Å²) >= 11 is 18.3. The van der Waals surface area contributed by atoms with Gasteiger partial charge >= 0.3 is 0 Å². The van der Waals surface area contributed by atoms with Crippen molar-refractivity contribution in [2.45, 2.75) is 44.3 Å². The number of benzene rings is 3. The zero-order valence-corrected chi connectivity index (χ0v) is 25.5. The molecule has 0 saturated heterocycles. The molecule has 2 amide bonds. The van der Waals surface area contributed by atoms with E-state index >= 15 is 0 Å². The van der Waals surface area contributed by atoms with Gasteiger partial charge < -0.3 is 15.0 Å². The van der Waals surface area contributed by atoms with Crippen LogP contribution < -0.4 is 14.4 Å². The van der Waals surface area contributed by atoms with Crippen molar-refractivity contribution in [3.63, 3.8) is 0 Å². The van der Waals surface area contributed by atoms with E-state index in [1.54, 1.807) is 39.0 Å². The zero-order chi connectivity index (χ0) is 29.6. The van der Waals surface area contributed by atoms with Crippen molar-refractivity contribution >= 4 is 62.3 Å². The molecule has 0 bridgehead atoms. The number of carbonyl (C=O) groups excluding carboxylic acids is 2. The Morgan fingerprint density at radius 1 is 0.900 bits per heavy atom. The lowest BCUT2D eigenvalue weighted by Gasteiger charge is -2.32. The van der Waals surface area contributed by atoms with Crippen LogP contribution in [-0.2, 0) is 26.2 Å². The van der Waals surface area contributed by atoms with Crippen molar-refractivity contribution in [2.75, 3.05) is 18.0 Å². The van der Waals surface area contributed by atoms with E-state index in [0.717, 1.165) is 4.31 Å². The molecule has 0 aliphatic rings. The topological polar surface area (TPSA) is 96.0 Å². The Labute approximate surface area is 249 Å². The molecular formula is C28H30Cl3N3O5S. The largest absolute Gasteiger partial charge is 0.497 e. The van der Waals surface area contributed by atoms with E-state index < -0.39 is 28.5 Å². The highest BCUT2D eigenvalue weighted by Crippen LogP contribution is 2.28. The maximum absolute atomic E-state index is 13.9. The summed E-state index contributed by atoms with van der Waals surface area (Å²) in [6.45, 7) is 4.59. The first-order chi connectivity index (χ1) is 18.8. The van der Waals surface area contributed by atoms with Gasteiger partial charge in [0, 0.05) is 17.6 Å². The van der Waals surface area contributed by atoms with Gasteiger partial charge in [-0.25, -0.2) is 8.42 Å². The SMILES string of the molecule is COc1ccc(S(=O)(=O)N(CC(=O)N(Cc2ccc(Cl)c(Cl)c2)C(C)C(=O)NC(C)C)c2ccc(Cl)cc2)cc1. The Morgan fingerprint density at radius 2 is 1.52 bits per heavy atom. The summed E-state index contributed by atoms with van der Waals surface area (Å²) in [5.74, 6) is -0.519. The molecule has 0 heterocycles. The molecule has 1 N–H and O–H groups in total. The molecule has 0 aliphatic carbocycles. The van der Waals surface area contributed by atoms with Crippen molar-refractivity contribution < 1.29 is 22.7 Å². The molecule has 3 rings (SSSR count). The molecule has 1 unspecified atom stereocenters. The summed E-state index contributed by atoms with van der Waals surface area (Å²) in [5, 5.41) is 3.83. The lowest BCUT2D eigenvalue weighted by atomic mass is 10.1. The van der Waals surface area contributed by atoms with E-state index in [9.17, 15) is 18.0 Å². The van der Waals surface area contributed by atoms with Gasteiger partial charge in [0.15, 0.2) is 0 Å². The number of carbonyl (C=O) groups is 2. The van der Waals surface area contributed by atoms with Gasteiger partial charge in [0.05, 0.1) is 27.7 Å². The van der Waals surface area contributed by atoms with Crippen LogP contribution >= 0.6 is 34.8 Å². The molecule has 3 aromatic rings. The van der Waals surface area contributed by atoms with Crippen LogP contribution in [0.4, 0.5) is 5.69 Å². The van der Waals surface area contributed by atoms with E-state index in [2.05, 4.69) is 5.32 Å². The highest BCUT2D eigenvalue weighted by Gasteiger charge is 2.32. The van der Waals surface area contributed by atoms with Crippen LogP contribution in [0.2, 0.25) is 15.1 Å². The number of methoxy groups -OCH3 is 1. The highest BCUT2D eigenvalue weighted by molar-refractivity contribution is 7.92. The zero-order valence-electron chi connectivity index (χ0n) is 22.4. The Bertz CT molecular complexity index is 1450. The summed E-state index contributed by atoms with van der Waals surface area (Å²) in [4.78, 5) is 28.1. The smallest absolute Gasteiger partial charge is 0.264 e. The molecule has 214 valence electrons. The number of sulfonamides is 1. The van der Waals surface area contributed by atoms with Crippen molar-refractivity contribution in [3.8, 4) is 5.75 Å². The number of nitrogens with one attached hydrogen (secondary N) is 1. The second kappa shape index (κ2) is 13.6. The summed E-state index contributed by atoms with van der Waals surface area (Å²) in [7, 11) is -2.75. The van der Waals surface area contributed by atoms with Crippen LogP contribution in [0.15, 0.2) is 71.6 Å². The third-order valence-electron chi connectivity index (χ3n) is 5.98. The molecule has 12 heteroatoms. The van der Waals surface area contributed by atoms with Crippen molar-refractivity contribution in [2.24, 2.45) is 0 Å². The molecule has 8 nitrogen and oxygen atoms in total. The predicted molar refractivity (Wildman–Crippen MR) is 159 cm³/mol. The van der Waals surface area contributed by atoms with Crippen LogP contribution in [0.5, 0.6) is 5.75 Å². The second-order valence-electron chi connectivity index (χ2n) is 9.27. The van der Waals surface area contributed by atoms with Crippen molar-refractivity contribution in [1.82, 2.24) is 10.2 Å². The average molecular weight is 627 g/mol. The fourth-order valence-corrected chi connectivity index (χ4v) is 5.69. The number of nitrogens with zero attached hydrogens (tertiary/aromatic N) is 2. The minimum Gasteiger partial charge on any atom is -0.497 e. The molecule has 0 spiro atoms. The summed E-state index contributed by atoms with van der Waals surface area (Å²) < 4.78 is 33.8. The Kier molecular flexibility index (Phi) is 10.7. The van der Waals surface area contributed by atoms with Crippen LogP contribution in [0.25, 0.3) is 0 Å². The molecule has 0 saturated carbocycles. The Balaban J connectivity index is 2.04. The van der Waals surface area contributed by atoms with E-state index in [4.69, 9.17) is 39.5 Å². The number of ether oxygens (including phenoxy) is 1. The van der Waals surface area contributed by atoms with Gasteiger partial charge in [0.25, 0.3) is 10.0 Å². The maximum Gasteiger partial charge on any atom is 0.264 e. The number of amides is 2. The molecule has 0 radical (unpaired) electrons. The first-order valence-electron chi connectivity index (χ1n) is 12.3. The molecule has 3 aromatic carbocycles. The van der Waals surface area contributed by atoms with E-state index in [-0.39, 0.29) is 34.1 Å². The van der Waals surface area contributed by atoms with Gasteiger partial charge in [-0.05, 0) is 87.0 Å². The fraction of sp³-hybridized carbons (Fsp3) is 0.286. The van der Waals surface area contributed by atoms with E-state index in [0.29, 0.717) is 21.4 Å². The lowest BCUT2D eigenvalue weighted by Crippen LogP contribution is -2.52. The first kappa shape index (κ1) is 31.5. The number of anilines is 1. The molecule has 40 heavy (non-hydrogen) atoms. The number of hydrogen-bond acceptors (Lipinski definition) is 5. The van der Waals surface area contributed by atoms with E-state index in [1.165, 1.54) is 60.5 Å². The van der Waals surface area contributed by atoms with Gasteiger partial charge in [-0.3, -0.25) is 13.9 Å². The van der Waals surface area contributed by atoms with Crippen LogP contribution in [0.3, 0.4) is 0 Å². The maximum atomic E-state index is 13.9. The van der Waals surface area contributed by atoms with Gasteiger partial charge in [0.1, 0.15) is 18.3 Å². The third kappa shape index (κ3) is 7.81. The summed E-state index contributed by atoms with van der Waals surface area (Å²) in [5.41, 5.74) is 0.838. The molecule has 0 aliphatic heterocycles. The molecule has 0 aromatic heterocycles. The van der Waals surface area contributed by atoms with Crippen LogP contribution in [-0.4, -0.2) is 50.9 Å². The summed E-state index contributed by atoms with van der Waals surface area (Å²) in [6.07, 6.45) is 0. The minimum absolute atomic E-state index is 0.0144. The highest BCUT2D eigenvalue weighted by atomic mass is 35.5. The fourth-order valence-electron chi connectivity index (χ4n) is 3.83. The third-order valence-corrected chi connectivity index (χ3v) is 8.76. The van der Waals surface area contributed by atoms with Crippen molar-refractivity contribution in [3.05, 3.63) is 87.4 Å². The van der Waals surface area contributed by atoms with Crippen LogP contribution in [0.1, 0.15) is 26.3 Å². The van der Waals surface area contributed by atoms with Gasteiger partial charge in [-0.15, -0.1) is 0 Å². The number of halogens is 3. The lowest BCUT2D eigenvalue weighted by molar-refractivity contribution is -0.139. The second-order valence-corrected chi connectivity index (χ2v) is 12.4.